The van der Waals surface area contributed by atoms with Crippen LogP contribution in [0.3, 0.4) is 0 Å². The van der Waals surface area contributed by atoms with E-state index in [0.717, 1.165) is 36.8 Å². The third-order valence-corrected chi connectivity index (χ3v) is 4.19. The van der Waals surface area contributed by atoms with Crippen molar-refractivity contribution >= 4 is 5.91 Å². The van der Waals surface area contributed by atoms with Crippen LogP contribution in [0.5, 0.6) is 0 Å². The minimum absolute atomic E-state index is 0.0402. The number of amides is 1. The highest BCUT2D eigenvalue weighted by Crippen LogP contribution is 2.27. The maximum Gasteiger partial charge on any atom is 0.248 e. The van der Waals surface area contributed by atoms with Gasteiger partial charge in [0.25, 0.3) is 0 Å². The number of hydrogen-bond donors (Lipinski definition) is 0. The lowest BCUT2D eigenvalue weighted by atomic mass is 9.99. The second kappa shape index (κ2) is 7.14. The summed E-state index contributed by atoms with van der Waals surface area (Å²) >= 11 is 0. The van der Waals surface area contributed by atoms with Crippen LogP contribution in [-0.4, -0.2) is 64.6 Å². The average Bonchev–Trinajstić information content (AvgIpc) is 3.17. The Labute approximate surface area is 141 Å². The molecule has 0 bridgehead atoms. The number of aryl methyl sites for hydroxylation is 1. The Kier molecular flexibility index (Phi) is 4.96. The van der Waals surface area contributed by atoms with Crippen LogP contribution in [0.2, 0.25) is 0 Å². The van der Waals surface area contributed by atoms with Crippen LogP contribution >= 0.6 is 0 Å². The van der Waals surface area contributed by atoms with Gasteiger partial charge in [0.15, 0.2) is 0 Å². The van der Waals surface area contributed by atoms with Crippen LogP contribution in [0.25, 0.3) is 0 Å². The molecule has 8 heteroatoms. The fourth-order valence-electron chi connectivity index (χ4n) is 2.99. The highest BCUT2D eigenvalue weighted by Gasteiger charge is 2.30. The summed E-state index contributed by atoms with van der Waals surface area (Å²) < 4.78 is 12.9. The zero-order chi connectivity index (χ0) is 17.1. The molecule has 0 saturated heterocycles. The molecule has 2 aromatic heterocycles. The molecule has 1 aliphatic heterocycles. The number of carbonyl (C=O) groups excluding carboxylic acids is 1. The van der Waals surface area contributed by atoms with Gasteiger partial charge >= 0.3 is 0 Å². The first-order chi connectivity index (χ1) is 11.5. The molecule has 0 fully saturated rings. The van der Waals surface area contributed by atoms with E-state index in [0.29, 0.717) is 6.61 Å². The van der Waals surface area contributed by atoms with Gasteiger partial charge in [-0.1, -0.05) is 5.21 Å². The van der Waals surface area contributed by atoms with Gasteiger partial charge in [0.1, 0.15) is 18.1 Å². The maximum atomic E-state index is 11.7. The summed E-state index contributed by atoms with van der Waals surface area (Å²) in [6.07, 6.45) is 1.68. The average molecular weight is 333 g/mol. The fourth-order valence-corrected chi connectivity index (χ4v) is 2.99. The number of carbonyl (C=O) groups is 1. The van der Waals surface area contributed by atoms with Gasteiger partial charge in [-0.3, -0.25) is 14.4 Å². The highest BCUT2D eigenvalue weighted by molar-refractivity contribution is 5.76. The van der Waals surface area contributed by atoms with Crippen molar-refractivity contribution in [3.8, 4) is 0 Å². The van der Waals surface area contributed by atoms with Crippen LogP contribution in [0.1, 0.15) is 23.1 Å². The lowest BCUT2D eigenvalue weighted by molar-refractivity contribution is -0.133. The fraction of sp³-hybridized carbons (Fsp3) is 0.562. The van der Waals surface area contributed by atoms with Crippen LogP contribution < -0.4 is 0 Å². The Hall–Kier alpha value is -2.19. The number of nitrogens with zero attached hydrogens (tertiary/aromatic N) is 5. The summed E-state index contributed by atoms with van der Waals surface area (Å²) in [5.41, 5.74) is 2.05. The van der Waals surface area contributed by atoms with Crippen molar-refractivity contribution in [2.45, 2.75) is 19.0 Å². The van der Waals surface area contributed by atoms with E-state index in [9.17, 15) is 4.79 Å². The standard InChI is InChI=1S/C16H23N5O3/c1-19(2)15(22)11-23-10-12-7-21(8-13-5-4-6-24-13)9-14-16(12)20(3)18-17-14/h4-6,12H,7-11H2,1-3H3. The molecule has 0 spiro atoms. The lowest BCUT2D eigenvalue weighted by Crippen LogP contribution is -2.36. The normalized spacial score (nSPS) is 17.7. The largest absolute Gasteiger partial charge is 0.468 e. The van der Waals surface area contributed by atoms with Gasteiger partial charge < -0.3 is 14.1 Å². The van der Waals surface area contributed by atoms with E-state index in [1.807, 2.05) is 19.2 Å². The summed E-state index contributed by atoms with van der Waals surface area (Å²) in [6, 6.07) is 3.86. The second-order valence-corrected chi connectivity index (χ2v) is 6.29. The Morgan fingerprint density at radius 1 is 1.50 bits per heavy atom. The van der Waals surface area contributed by atoms with Gasteiger partial charge in [-0.05, 0) is 12.1 Å². The predicted molar refractivity (Wildman–Crippen MR) is 86.1 cm³/mol. The van der Waals surface area contributed by atoms with Crippen molar-refractivity contribution in [1.82, 2.24) is 24.8 Å². The number of likely N-dealkylation sites (N-methyl/N-ethyl adjacent to an activating group) is 1. The first-order valence-corrected chi connectivity index (χ1v) is 7.95. The topological polar surface area (TPSA) is 76.6 Å². The Morgan fingerprint density at radius 2 is 2.33 bits per heavy atom. The smallest absolute Gasteiger partial charge is 0.248 e. The van der Waals surface area contributed by atoms with E-state index in [2.05, 4.69) is 15.2 Å². The monoisotopic (exact) mass is 333 g/mol. The van der Waals surface area contributed by atoms with Crippen molar-refractivity contribution in [1.29, 1.82) is 0 Å². The molecule has 0 aromatic carbocycles. The van der Waals surface area contributed by atoms with E-state index < -0.39 is 0 Å². The molecule has 1 atom stereocenters. The lowest BCUT2D eigenvalue weighted by Gasteiger charge is -2.31. The van der Waals surface area contributed by atoms with E-state index in [1.165, 1.54) is 4.90 Å². The van der Waals surface area contributed by atoms with Gasteiger partial charge in [-0.25, -0.2) is 0 Å². The molecule has 0 saturated carbocycles. The zero-order valence-corrected chi connectivity index (χ0v) is 14.3. The summed E-state index contributed by atoms with van der Waals surface area (Å²) in [5.74, 6) is 1.00. The molecule has 8 nitrogen and oxygen atoms in total. The number of furan rings is 1. The molecule has 1 amide bonds. The third-order valence-electron chi connectivity index (χ3n) is 4.19. The SMILES string of the molecule is CN(C)C(=O)COCC1CN(Cc2ccco2)Cc2nnn(C)c21. The summed E-state index contributed by atoms with van der Waals surface area (Å²) in [4.78, 5) is 15.5. The summed E-state index contributed by atoms with van der Waals surface area (Å²) in [5, 5.41) is 8.40. The molecular weight excluding hydrogens is 310 g/mol. The first-order valence-electron chi connectivity index (χ1n) is 7.95. The molecule has 0 radical (unpaired) electrons. The molecule has 0 aliphatic carbocycles. The van der Waals surface area contributed by atoms with Gasteiger partial charge in [-0.15, -0.1) is 5.10 Å². The Bertz CT molecular complexity index is 680. The van der Waals surface area contributed by atoms with Gasteiger partial charge in [-0.2, -0.15) is 0 Å². The van der Waals surface area contributed by atoms with Crippen molar-refractivity contribution in [3.05, 3.63) is 35.5 Å². The zero-order valence-electron chi connectivity index (χ0n) is 14.3. The first kappa shape index (κ1) is 16.7. The predicted octanol–water partition coefficient (Wildman–Crippen LogP) is 0.612. The third kappa shape index (κ3) is 3.65. The molecule has 0 N–H and O–H groups in total. The molecule has 3 heterocycles. The Balaban J connectivity index is 1.66. The number of hydrogen-bond acceptors (Lipinski definition) is 6. The highest BCUT2D eigenvalue weighted by atomic mass is 16.5. The van der Waals surface area contributed by atoms with Crippen LogP contribution in [0, 0.1) is 0 Å². The second-order valence-electron chi connectivity index (χ2n) is 6.29. The maximum absolute atomic E-state index is 11.7. The number of ether oxygens (including phenoxy) is 1. The van der Waals surface area contributed by atoms with Gasteiger partial charge in [0, 0.05) is 40.2 Å². The molecule has 130 valence electrons. The van der Waals surface area contributed by atoms with Crippen molar-refractivity contribution in [2.75, 3.05) is 33.9 Å². The van der Waals surface area contributed by atoms with Crippen molar-refractivity contribution in [2.24, 2.45) is 7.05 Å². The molecule has 1 unspecified atom stereocenters. The quantitative estimate of drug-likeness (QED) is 0.771. The van der Waals surface area contributed by atoms with E-state index in [-0.39, 0.29) is 18.4 Å². The molecule has 24 heavy (non-hydrogen) atoms. The van der Waals surface area contributed by atoms with E-state index in [1.54, 1.807) is 25.0 Å². The minimum Gasteiger partial charge on any atom is -0.468 e. The van der Waals surface area contributed by atoms with Crippen molar-refractivity contribution in [3.63, 3.8) is 0 Å². The molecule has 1 aliphatic rings. The van der Waals surface area contributed by atoms with E-state index in [4.69, 9.17) is 9.15 Å². The minimum atomic E-state index is -0.0402. The summed E-state index contributed by atoms with van der Waals surface area (Å²) in [7, 11) is 5.34. The number of aromatic nitrogens is 3. The number of rotatable bonds is 6. The van der Waals surface area contributed by atoms with Gasteiger partial charge in [0.05, 0.1) is 25.1 Å². The molecular formula is C16H23N5O3. The van der Waals surface area contributed by atoms with Crippen molar-refractivity contribution < 1.29 is 13.9 Å². The molecule has 3 rings (SSSR count). The van der Waals surface area contributed by atoms with Crippen LogP contribution in [0.4, 0.5) is 0 Å². The van der Waals surface area contributed by atoms with Crippen LogP contribution in [-0.2, 0) is 29.7 Å². The Morgan fingerprint density at radius 3 is 3.04 bits per heavy atom. The van der Waals surface area contributed by atoms with E-state index >= 15 is 0 Å². The number of fused-ring (bicyclic) bond motifs is 1. The summed E-state index contributed by atoms with van der Waals surface area (Å²) in [6.45, 7) is 2.81. The van der Waals surface area contributed by atoms with Crippen LogP contribution in [0.15, 0.2) is 22.8 Å². The molecule has 2 aromatic rings. The van der Waals surface area contributed by atoms with Gasteiger partial charge in [0.2, 0.25) is 5.91 Å².